The molecule has 5 nitrogen and oxygen atoms in total. The highest BCUT2D eigenvalue weighted by Gasteiger charge is 2.37. The van der Waals surface area contributed by atoms with Crippen molar-refractivity contribution in [3.63, 3.8) is 0 Å². The van der Waals surface area contributed by atoms with E-state index in [1.165, 1.54) is 0 Å². The van der Waals surface area contributed by atoms with Crippen LogP contribution in [0.25, 0.3) is 0 Å². The minimum atomic E-state index is -3.61. The quantitative estimate of drug-likeness (QED) is 0.739. The van der Waals surface area contributed by atoms with Crippen LogP contribution in [0.2, 0.25) is 0 Å². The second kappa shape index (κ2) is 5.91. The van der Waals surface area contributed by atoms with Crippen molar-refractivity contribution in [1.29, 1.82) is 5.26 Å². The normalized spacial score (nSPS) is 24.5. The highest BCUT2D eigenvalue weighted by Crippen LogP contribution is 2.29. The number of carbonyl (C=O) groups excluding carboxylic acids is 1. The summed E-state index contributed by atoms with van der Waals surface area (Å²) in [4.78, 5) is 11.6. The van der Waals surface area contributed by atoms with Gasteiger partial charge in [-0.2, -0.15) is 5.26 Å². The Hall–Kier alpha value is -1.09. The van der Waals surface area contributed by atoms with E-state index in [4.69, 9.17) is 10.00 Å². The van der Waals surface area contributed by atoms with Crippen LogP contribution in [-0.4, -0.2) is 31.0 Å². The van der Waals surface area contributed by atoms with E-state index >= 15 is 0 Å². The molecule has 0 amide bonds. The average Bonchev–Trinajstić information content (AvgIpc) is 2.25. The van der Waals surface area contributed by atoms with E-state index in [2.05, 4.69) is 6.07 Å². The summed E-state index contributed by atoms with van der Waals surface area (Å²) < 4.78 is 29.4. The zero-order valence-corrected chi connectivity index (χ0v) is 12.5. The highest BCUT2D eigenvalue weighted by atomic mass is 32.2. The molecule has 1 aliphatic carbocycles. The molecule has 0 aromatic rings. The molecule has 0 spiro atoms. The van der Waals surface area contributed by atoms with Crippen molar-refractivity contribution < 1.29 is 17.9 Å². The number of hydrogen-bond acceptors (Lipinski definition) is 5. The fourth-order valence-electron chi connectivity index (χ4n) is 2.32. The standard InChI is InChI=1S/C13H21NO4S/c1-13(2,3)18-12(15)9-19(16,17)11-7-5-4-6-10(11)8-14/h10-11H,4-7,9H2,1-3H3. The van der Waals surface area contributed by atoms with Crippen LogP contribution in [0.15, 0.2) is 0 Å². The van der Waals surface area contributed by atoms with Gasteiger partial charge in [0.2, 0.25) is 0 Å². The number of nitrogens with zero attached hydrogens (tertiary/aromatic N) is 1. The number of esters is 1. The lowest BCUT2D eigenvalue weighted by atomic mass is 9.90. The lowest BCUT2D eigenvalue weighted by Gasteiger charge is -2.27. The van der Waals surface area contributed by atoms with E-state index < -0.39 is 38.3 Å². The van der Waals surface area contributed by atoms with Crippen LogP contribution < -0.4 is 0 Å². The largest absolute Gasteiger partial charge is 0.459 e. The van der Waals surface area contributed by atoms with E-state index in [0.29, 0.717) is 12.8 Å². The molecular formula is C13H21NO4S. The van der Waals surface area contributed by atoms with Gasteiger partial charge < -0.3 is 4.74 Å². The first-order valence-corrected chi connectivity index (χ1v) is 8.20. The van der Waals surface area contributed by atoms with Crippen LogP contribution >= 0.6 is 0 Å². The molecule has 1 saturated carbocycles. The van der Waals surface area contributed by atoms with Crippen molar-refractivity contribution >= 4 is 15.8 Å². The molecule has 2 unspecified atom stereocenters. The summed E-state index contributed by atoms with van der Waals surface area (Å²) in [5, 5.41) is 8.29. The molecule has 2 atom stereocenters. The molecule has 0 radical (unpaired) electrons. The van der Waals surface area contributed by atoms with Gasteiger partial charge in [-0.3, -0.25) is 4.79 Å². The fraction of sp³-hybridized carbons (Fsp3) is 0.846. The molecule has 1 fully saturated rings. The van der Waals surface area contributed by atoms with Gasteiger partial charge in [-0.25, -0.2) is 8.42 Å². The zero-order chi connectivity index (χ0) is 14.7. The summed E-state index contributed by atoms with van der Waals surface area (Å²) in [7, 11) is -3.61. The molecule has 0 aliphatic heterocycles. The van der Waals surface area contributed by atoms with Crippen LogP contribution in [-0.2, 0) is 19.4 Å². The van der Waals surface area contributed by atoms with Gasteiger partial charge in [0.05, 0.1) is 17.2 Å². The third-order valence-corrected chi connectivity index (χ3v) is 5.19. The van der Waals surface area contributed by atoms with Crippen molar-refractivity contribution in [3.8, 4) is 6.07 Å². The third-order valence-electron chi connectivity index (χ3n) is 3.07. The lowest BCUT2D eigenvalue weighted by molar-refractivity contribution is -0.151. The Labute approximate surface area is 114 Å². The predicted molar refractivity (Wildman–Crippen MR) is 71.0 cm³/mol. The zero-order valence-electron chi connectivity index (χ0n) is 11.7. The second-order valence-electron chi connectivity index (χ2n) is 5.95. The first kappa shape index (κ1) is 16.0. The number of rotatable bonds is 3. The molecule has 1 aliphatic rings. The van der Waals surface area contributed by atoms with E-state index in [1.54, 1.807) is 20.8 Å². The first-order chi connectivity index (χ1) is 8.65. The molecular weight excluding hydrogens is 266 g/mol. The summed E-state index contributed by atoms with van der Waals surface area (Å²) in [6, 6.07) is 2.05. The van der Waals surface area contributed by atoms with Crippen LogP contribution in [0.4, 0.5) is 0 Å². The maximum Gasteiger partial charge on any atom is 0.321 e. The topological polar surface area (TPSA) is 84.2 Å². The van der Waals surface area contributed by atoms with Crippen molar-refractivity contribution in [2.24, 2.45) is 5.92 Å². The Morgan fingerprint density at radius 2 is 1.89 bits per heavy atom. The molecule has 19 heavy (non-hydrogen) atoms. The number of carbonyl (C=O) groups is 1. The molecule has 1 rings (SSSR count). The SMILES string of the molecule is CC(C)(C)OC(=O)CS(=O)(=O)C1CCCCC1C#N. The molecule has 0 heterocycles. The molecule has 6 heteroatoms. The van der Waals surface area contributed by atoms with Crippen LogP contribution in [0.3, 0.4) is 0 Å². The summed E-state index contributed by atoms with van der Waals surface area (Å²) in [6.07, 6.45) is 2.71. The smallest absolute Gasteiger partial charge is 0.321 e. The Morgan fingerprint density at radius 1 is 1.32 bits per heavy atom. The van der Waals surface area contributed by atoms with E-state index in [-0.39, 0.29) is 0 Å². The van der Waals surface area contributed by atoms with Gasteiger partial charge in [0.15, 0.2) is 9.84 Å². The van der Waals surface area contributed by atoms with Crippen LogP contribution in [0.1, 0.15) is 46.5 Å². The summed E-state index contributed by atoms with van der Waals surface area (Å²) in [6.45, 7) is 5.07. The molecule has 108 valence electrons. The van der Waals surface area contributed by atoms with Gasteiger partial charge in [0.1, 0.15) is 11.4 Å². The van der Waals surface area contributed by atoms with E-state index in [0.717, 1.165) is 12.8 Å². The van der Waals surface area contributed by atoms with Crippen molar-refractivity contribution in [2.45, 2.75) is 57.3 Å². The van der Waals surface area contributed by atoms with E-state index in [1.807, 2.05) is 0 Å². The molecule has 0 saturated heterocycles. The number of sulfone groups is 1. The summed E-state index contributed by atoms with van der Waals surface area (Å²) in [5.41, 5.74) is -0.701. The van der Waals surface area contributed by atoms with E-state index in [9.17, 15) is 13.2 Å². The highest BCUT2D eigenvalue weighted by molar-refractivity contribution is 7.92. The van der Waals surface area contributed by atoms with Crippen LogP contribution in [0, 0.1) is 17.2 Å². The predicted octanol–water partition coefficient (Wildman–Crippen LogP) is 1.83. The Balaban J connectivity index is 2.75. The van der Waals surface area contributed by atoms with Crippen LogP contribution in [0.5, 0.6) is 0 Å². The van der Waals surface area contributed by atoms with Crippen molar-refractivity contribution in [3.05, 3.63) is 0 Å². The van der Waals surface area contributed by atoms with Crippen molar-refractivity contribution in [1.82, 2.24) is 0 Å². The first-order valence-electron chi connectivity index (χ1n) is 6.49. The van der Waals surface area contributed by atoms with Gasteiger partial charge in [-0.15, -0.1) is 0 Å². The summed E-state index contributed by atoms with van der Waals surface area (Å²) in [5.74, 6) is -1.87. The number of hydrogen-bond donors (Lipinski definition) is 0. The monoisotopic (exact) mass is 287 g/mol. The summed E-state index contributed by atoms with van der Waals surface area (Å²) >= 11 is 0. The number of ether oxygens (including phenoxy) is 1. The van der Waals surface area contributed by atoms with Gasteiger partial charge >= 0.3 is 5.97 Å². The van der Waals surface area contributed by atoms with Gasteiger partial charge in [-0.1, -0.05) is 12.8 Å². The molecule has 0 bridgehead atoms. The lowest BCUT2D eigenvalue weighted by Crippen LogP contribution is -2.37. The average molecular weight is 287 g/mol. The van der Waals surface area contributed by atoms with Gasteiger partial charge in [-0.05, 0) is 33.6 Å². The maximum atomic E-state index is 12.2. The van der Waals surface area contributed by atoms with Crippen molar-refractivity contribution in [2.75, 3.05) is 5.75 Å². The molecule has 0 aromatic carbocycles. The Kier molecular flexibility index (Phi) is 4.97. The molecule has 0 N–H and O–H groups in total. The third kappa shape index (κ3) is 4.83. The Bertz CT molecular complexity index is 470. The minimum absolute atomic E-state index is 0.462. The van der Waals surface area contributed by atoms with Gasteiger partial charge in [0.25, 0.3) is 0 Å². The Morgan fingerprint density at radius 3 is 2.42 bits per heavy atom. The minimum Gasteiger partial charge on any atom is -0.459 e. The number of nitriles is 1. The second-order valence-corrected chi connectivity index (χ2v) is 8.17. The van der Waals surface area contributed by atoms with Gasteiger partial charge in [0, 0.05) is 0 Å². The fourth-order valence-corrected chi connectivity index (χ4v) is 4.14. The maximum absolute atomic E-state index is 12.2. The molecule has 0 aromatic heterocycles.